The van der Waals surface area contributed by atoms with Gasteiger partial charge in [0.2, 0.25) is 0 Å². The van der Waals surface area contributed by atoms with E-state index in [0.717, 1.165) is 18.4 Å². The molecule has 1 N–H and O–H groups in total. The van der Waals surface area contributed by atoms with Gasteiger partial charge in [-0.1, -0.05) is 51.1 Å². The fourth-order valence-corrected chi connectivity index (χ4v) is 6.00. The van der Waals surface area contributed by atoms with E-state index in [4.69, 9.17) is 9.47 Å². The lowest BCUT2D eigenvalue weighted by atomic mass is 9.69. The summed E-state index contributed by atoms with van der Waals surface area (Å²) < 4.78 is 12.8. The van der Waals surface area contributed by atoms with Crippen LogP contribution in [0.3, 0.4) is 0 Å². The fraction of sp³-hybridized carbons (Fsp3) is 0.625. The van der Waals surface area contributed by atoms with Crippen molar-refractivity contribution in [3.63, 3.8) is 0 Å². The fourth-order valence-electron chi connectivity index (χ4n) is 6.00. The molecular formula is C24H32O4. The molecule has 4 nitrogen and oxygen atoms in total. The topological polar surface area (TPSA) is 55.8 Å². The zero-order valence-electron chi connectivity index (χ0n) is 17.3. The van der Waals surface area contributed by atoms with E-state index < -0.39 is 17.3 Å². The molecule has 2 heterocycles. The summed E-state index contributed by atoms with van der Waals surface area (Å²) in [6.45, 7) is 8.53. The van der Waals surface area contributed by atoms with E-state index >= 15 is 0 Å². The Labute approximate surface area is 167 Å². The van der Waals surface area contributed by atoms with Crippen LogP contribution in [0.1, 0.15) is 52.5 Å². The quantitative estimate of drug-likeness (QED) is 0.624. The van der Waals surface area contributed by atoms with Gasteiger partial charge in [-0.25, -0.2) is 4.79 Å². The molecule has 0 amide bonds. The van der Waals surface area contributed by atoms with Gasteiger partial charge in [-0.05, 0) is 49.2 Å². The maximum atomic E-state index is 12.8. The Bertz CT molecular complexity index is 757. The number of aliphatic hydroxyl groups is 1. The van der Waals surface area contributed by atoms with Gasteiger partial charge in [-0.3, -0.25) is 0 Å². The van der Waals surface area contributed by atoms with Crippen molar-refractivity contribution in [3.05, 3.63) is 42.0 Å². The number of benzene rings is 1. The minimum Gasteiger partial charge on any atom is -0.456 e. The van der Waals surface area contributed by atoms with Crippen LogP contribution < -0.4 is 0 Å². The summed E-state index contributed by atoms with van der Waals surface area (Å²) in [7, 11) is 0. The van der Waals surface area contributed by atoms with Crippen molar-refractivity contribution in [1.29, 1.82) is 0 Å². The molecule has 1 aromatic carbocycles. The average Bonchev–Trinajstić information content (AvgIpc) is 3.16. The zero-order chi connectivity index (χ0) is 20.1. The van der Waals surface area contributed by atoms with Gasteiger partial charge in [0.25, 0.3) is 0 Å². The van der Waals surface area contributed by atoms with Crippen molar-refractivity contribution >= 4 is 12.0 Å². The van der Waals surface area contributed by atoms with Crippen molar-refractivity contribution < 1.29 is 19.4 Å². The highest BCUT2D eigenvalue weighted by Gasteiger charge is 2.70. The normalized spacial score (nSPS) is 42.1. The first kappa shape index (κ1) is 19.7. The second kappa shape index (κ2) is 7.00. The van der Waals surface area contributed by atoms with Crippen molar-refractivity contribution in [2.45, 2.75) is 70.4 Å². The standard InChI is InChI=1S/C24H32O4/c1-15(2)24-14-19(25)23(4,28-24)18-12-10-16(3)21(18)22(24)27-20(26)13-11-17-8-6-5-7-9-17/h5-9,11,13,15-16,18-19,21-22,25H,10,12,14H2,1-4H3/b13-11+/t16-,18-,19-,21-,22+,23+,24-/m1/s1. The predicted molar refractivity (Wildman–Crippen MR) is 108 cm³/mol. The van der Waals surface area contributed by atoms with E-state index in [1.54, 1.807) is 6.08 Å². The molecule has 0 radical (unpaired) electrons. The SMILES string of the molecule is CC(C)[C@@]12C[C@@H](O)[C@@](C)(O1)[C@@H]1CC[C@@H](C)[C@H]1[C@@H]2OC(=O)/C=C/c1ccccc1. The van der Waals surface area contributed by atoms with Crippen molar-refractivity contribution in [3.8, 4) is 0 Å². The van der Waals surface area contributed by atoms with Crippen LogP contribution in [0.4, 0.5) is 0 Å². The van der Waals surface area contributed by atoms with Crippen LogP contribution in [0, 0.1) is 23.7 Å². The summed E-state index contributed by atoms with van der Waals surface area (Å²) in [6, 6.07) is 9.75. The number of hydrogen-bond acceptors (Lipinski definition) is 4. The number of carbonyl (C=O) groups excluding carboxylic acids is 1. The molecule has 1 aromatic rings. The van der Waals surface area contributed by atoms with Crippen molar-refractivity contribution in [2.24, 2.45) is 23.7 Å². The Balaban J connectivity index is 1.63. The van der Waals surface area contributed by atoms with E-state index in [-0.39, 0.29) is 29.8 Å². The molecule has 3 aliphatic rings. The number of esters is 1. The molecule has 2 saturated heterocycles. The highest BCUT2D eigenvalue weighted by atomic mass is 16.6. The molecule has 28 heavy (non-hydrogen) atoms. The molecule has 7 atom stereocenters. The van der Waals surface area contributed by atoms with Gasteiger partial charge in [0.05, 0.1) is 11.7 Å². The maximum Gasteiger partial charge on any atom is 0.331 e. The van der Waals surface area contributed by atoms with Gasteiger partial charge in [-0.15, -0.1) is 0 Å². The van der Waals surface area contributed by atoms with Crippen LogP contribution in [0.25, 0.3) is 6.08 Å². The van der Waals surface area contributed by atoms with Gasteiger partial charge in [-0.2, -0.15) is 0 Å². The number of carbonyl (C=O) groups is 1. The van der Waals surface area contributed by atoms with Crippen LogP contribution in [-0.2, 0) is 14.3 Å². The first-order chi connectivity index (χ1) is 13.3. The molecule has 1 aliphatic carbocycles. The summed E-state index contributed by atoms with van der Waals surface area (Å²) in [4.78, 5) is 12.8. The summed E-state index contributed by atoms with van der Waals surface area (Å²) in [5.41, 5.74) is -0.193. The maximum absolute atomic E-state index is 12.8. The Morgan fingerprint density at radius 1 is 1.29 bits per heavy atom. The molecule has 0 unspecified atom stereocenters. The van der Waals surface area contributed by atoms with Gasteiger partial charge >= 0.3 is 5.97 Å². The highest BCUT2D eigenvalue weighted by molar-refractivity contribution is 5.87. The van der Waals surface area contributed by atoms with E-state index in [9.17, 15) is 9.90 Å². The summed E-state index contributed by atoms with van der Waals surface area (Å²) >= 11 is 0. The minimum atomic E-state index is -0.621. The summed E-state index contributed by atoms with van der Waals surface area (Å²) in [5, 5.41) is 10.9. The van der Waals surface area contributed by atoms with Crippen LogP contribution in [0.15, 0.2) is 36.4 Å². The lowest BCUT2D eigenvalue weighted by molar-refractivity contribution is -0.263. The van der Waals surface area contributed by atoms with Crippen LogP contribution in [0.2, 0.25) is 0 Å². The first-order valence-electron chi connectivity index (χ1n) is 10.6. The Morgan fingerprint density at radius 3 is 2.68 bits per heavy atom. The van der Waals surface area contributed by atoms with Crippen LogP contribution in [0.5, 0.6) is 0 Å². The van der Waals surface area contributed by atoms with Crippen molar-refractivity contribution in [1.82, 2.24) is 0 Å². The average molecular weight is 385 g/mol. The molecule has 0 aromatic heterocycles. The first-order valence-corrected chi connectivity index (χ1v) is 10.6. The van der Waals surface area contributed by atoms with Gasteiger partial charge in [0.1, 0.15) is 11.7 Å². The number of fused-ring (bicyclic) bond motifs is 4. The Hall–Kier alpha value is -1.65. The summed E-state index contributed by atoms with van der Waals surface area (Å²) in [6.07, 6.45) is 5.09. The third-order valence-corrected chi connectivity index (χ3v) is 7.64. The predicted octanol–water partition coefficient (Wildman–Crippen LogP) is 4.22. The molecule has 1 saturated carbocycles. The van der Waals surface area contributed by atoms with Crippen LogP contribution >= 0.6 is 0 Å². The number of rotatable bonds is 4. The van der Waals surface area contributed by atoms with E-state index in [1.165, 1.54) is 6.08 Å². The number of ether oxygens (including phenoxy) is 2. The molecule has 4 heteroatoms. The smallest absolute Gasteiger partial charge is 0.331 e. The molecular weight excluding hydrogens is 352 g/mol. The molecule has 2 aliphatic heterocycles. The molecule has 152 valence electrons. The van der Waals surface area contributed by atoms with E-state index in [0.29, 0.717) is 12.3 Å². The zero-order valence-corrected chi connectivity index (χ0v) is 17.3. The lowest BCUT2D eigenvalue weighted by Gasteiger charge is -2.52. The summed E-state index contributed by atoms with van der Waals surface area (Å²) in [5.74, 6) is 0.719. The molecule has 3 fully saturated rings. The van der Waals surface area contributed by atoms with Gasteiger partial charge in [0, 0.05) is 18.4 Å². The second-order valence-electron chi connectivity index (χ2n) is 9.46. The van der Waals surface area contributed by atoms with Crippen LogP contribution in [-0.4, -0.2) is 34.5 Å². The third kappa shape index (κ3) is 2.93. The highest BCUT2D eigenvalue weighted by Crippen LogP contribution is 2.62. The Morgan fingerprint density at radius 2 is 2.00 bits per heavy atom. The van der Waals surface area contributed by atoms with E-state index in [2.05, 4.69) is 27.7 Å². The minimum absolute atomic E-state index is 0.147. The number of hydrogen-bond donors (Lipinski definition) is 1. The third-order valence-electron chi connectivity index (χ3n) is 7.64. The lowest BCUT2D eigenvalue weighted by Crippen LogP contribution is -2.62. The second-order valence-corrected chi connectivity index (χ2v) is 9.46. The monoisotopic (exact) mass is 384 g/mol. The van der Waals surface area contributed by atoms with Gasteiger partial charge in [0.15, 0.2) is 0 Å². The number of aliphatic hydroxyl groups excluding tert-OH is 1. The van der Waals surface area contributed by atoms with E-state index in [1.807, 2.05) is 30.3 Å². The van der Waals surface area contributed by atoms with Gasteiger partial charge < -0.3 is 14.6 Å². The Kier molecular flexibility index (Phi) is 4.91. The molecule has 4 rings (SSSR count). The molecule has 2 bridgehead atoms. The van der Waals surface area contributed by atoms with Crippen molar-refractivity contribution in [2.75, 3.05) is 0 Å². The largest absolute Gasteiger partial charge is 0.456 e. The molecule has 0 spiro atoms.